The number of fused-ring (bicyclic) bond motifs is 1. The number of halogens is 2. The molecule has 4 rings (SSSR count). The van der Waals surface area contributed by atoms with Gasteiger partial charge in [0.1, 0.15) is 11.6 Å². The van der Waals surface area contributed by atoms with Crippen molar-refractivity contribution in [2.75, 3.05) is 26.0 Å². The maximum Gasteiger partial charge on any atom is 0.411 e. The molecular weight excluding hydrogens is 477 g/mol. The second kappa shape index (κ2) is 8.56. The van der Waals surface area contributed by atoms with Gasteiger partial charge in [-0.2, -0.15) is 5.26 Å². The lowest BCUT2D eigenvalue weighted by Crippen LogP contribution is -2.51. The molecule has 0 radical (unpaired) electrons. The van der Waals surface area contributed by atoms with Crippen molar-refractivity contribution in [1.29, 1.82) is 5.26 Å². The third-order valence-corrected chi connectivity index (χ3v) is 6.00. The minimum absolute atomic E-state index is 0.0928. The highest BCUT2D eigenvalue weighted by atomic mass is 35.5. The van der Waals surface area contributed by atoms with E-state index < -0.39 is 23.4 Å². The molecule has 0 unspecified atom stereocenters. The first-order valence-electron chi connectivity index (χ1n) is 10.4. The van der Waals surface area contributed by atoms with Crippen LogP contribution in [-0.2, 0) is 10.3 Å². The monoisotopic (exact) mass is 497 g/mol. The Hall–Kier alpha value is -4.17. The van der Waals surface area contributed by atoms with Gasteiger partial charge in [-0.3, -0.25) is 19.6 Å². The molecule has 0 saturated heterocycles. The van der Waals surface area contributed by atoms with Crippen molar-refractivity contribution >= 4 is 46.5 Å². The van der Waals surface area contributed by atoms with E-state index in [0.29, 0.717) is 22.0 Å². The van der Waals surface area contributed by atoms with Gasteiger partial charge < -0.3 is 10.0 Å². The van der Waals surface area contributed by atoms with Crippen LogP contribution in [0.15, 0.2) is 35.3 Å². The standard InChI is InChI=1S/C23H21ClFN7O3/c1-23(10-17(33)31(4)20(29-23)28-22(34)35)14-6-5-7-15(18(14)25)32-16-9-13(24)8-12(11-26)19(16)27-21(32)30(2)3/h5-9H,10H2,1-4H3,(H,28,29)(H,34,35)/t23-/m0/s1. The summed E-state index contributed by atoms with van der Waals surface area (Å²) >= 11 is 6.24. The van der Waals surface area contributed by atoms with E-state index in [0.717, 1.165) is 4.90 Å². The van der Waals surface area contributed by atoms with Crippen LogP contribution in [0.5, 0.6) is 0 Å². The van der Waals surface area contributed by atoms with E-state index in [1.54, 1.807) is 48.7 Å². The Morgan fingerprint density at radius 2 is 2.09 bits per heavy atom. The molecule has 0 aliphatic carbocycles. The number of hydrogen-bond acceptors (Lipinski definition) is 6. The summed E-state index contributed by atoms with van der Waals surface area (Å²) in [5.74, 6) is -0.945. The van der Waals surface area contributed by atoms with Crippen molar-refractivity contribution in [1.82, 2.24) is 19.8 Å². The first kappa shape index (κ1) is 24.0. The summed E-state index contributed by atoms with van der Waals surface area (Å²) in [5, 5.41) is 21.1. The normalized spacial score (nSPS) is 17.8. The van der Waals surface area contributed by atoms with E-state index in [-0.39, 0.29) is 29.2 Å². The Morgan fingerprint density at radius 3 is 2.71 bits per heavy atom. The molecular formula is C23H21ClFN7O3. The summed E-state index contributed by atoms with van der Waals surface area (Å²) in [5.41, 5.74) is -0.156. The van der Waals surface area contributed by atoms with Gasteiger partial charge in [-0.1, -0.05) is 23.7 Å². The van der Waals surface area contributed by atoms with Gasteiger partial charge in [-0.05, 0) is 25.1 Å². The van der Waals surface area contributed by atoms with Gasteiger partial charge in [0.05, 0.1) is 28.7 Å². The quantitative estimate of drug-likeness (QED) is 0.570. The number of aliphatic imine (C=N–C) groups is 1. The Labute approximate surface area is 204 Å². The number of rotatable bonds is 3. The molecule has 0 spiro atoms. The number of guanidine groups is 1. The predicted molar refractivity (Wildman–Crippen MR) is 128 cm³/mol. The summed E-state index contributed by atoms with van der Waals surface area (Å²) in [4.78, 5) is 35.5. The molecule has 0 bridgehead atoms. The van der Waals surface area contributed by atoms with Crippen LogP contribution in [0.1, 0.15) is 24.5 Å². The van der Waals surface area contributed by atoms with E-state index in [9.17, 15) is 14.9 Å². The number of nitrogens with one attached hydrogen (secondary N) is 1. The highest BCUT2D eigenvalue weighted by Crippen LogP contribution is 2.38. The Kier molecular flexibility index (Phi) is 5.86. The highest BCUT2D eigenvalue weighted by Gasteiger charge is 2.40. The fourth-order valence-corrected chi connectivity index (χ4v) is 4.32. The number of hydrogen-bond donors (Lipinski definition) is 2. The summed E-state index contributed by atoms with van der Waals surface area (Å²) < 4.78 is 17.8. The van der Waals surface area contributed by atoms with Crippen molar-refractivity contribution in [3.05, 3.63) is 52.3 Å². The summed E-state index contributed by atoms with van der Waals surface area (Å²) in [7, 11) is 4.86. The molecule has 1 aliphatic rings. The Bertz CT molecular complexity index is 1460. The van der Waals surface area contributed by atoms with E-state index in [4.69, 9.17) is 16.7 Å². The van der Waals surface area contributed by atoms with Crippen molar-refractivity contribution in [3.8, 4) is 11.8 Å². The van der Waals surface area contributed by atoms with Crippen LogP contribution < -0.4 is 10.2 Å². The molecule has 12 heteroatoms. The van der Waals surface area contributed by atoms with Gasteiger partial charge in [-0.25, -0.2) is 19.2 Å². The third kappa shape index (κ3) is 4.02. The van der Waals surface area contributed by atoms with Crippen LogP contribution in [0.25, 0.3) is 16.7 Å². The fourth-order valence-electron chi connectivity index (χ4n) is 4.10. The van der Waals surface area contributed by atoms with Gasteiger partial charge in [0.2, 0.25) is 17.8 Å². The number of nitriles is 1. The third-order valence-electron chi connectivity index (χ3n) is 5.79. The zero-order valence-electron chi connectivity index (χ0n) is 19.3. The van der Waals surface area contributed by atoms with Crippen LogP contribution in [0.2, 0.25) is 5.02 Å². The Morgan fingerprint density at radius 1 is 1.37 bits per heavy atom. The van der Waals surface area contributed by atoms with Gasteiger partial charge in [0.25, 0.3) is 0 Å². The number of anilines is 1. The lowest BCUT2D eigenvalue weighted by molar-refractivity contribution is -0.128. The molecule has 2 heterocycles. The van der Waals surface area contributed by atoms with Gasteiger partial charge in [0, 0.05) is 31.7 Å². The molecule has 0 fully saturated rings. The average molecular weight is 498 g/mol. The van der Waals surface area contributed by atoms with Gasteiger partial charge in [0.15, 0.2) is 5.82 Å². The highest BCUT2D eigenvalue weighted by molar-refractivity contribution is 6.31. The zero-order valence-corrected chi connectivity index (χ0v) is 20.1. The molecule has 1 aromatic heterocycles. The van der Waals surface area contributed by atoms with E-state index in [2.05, 4.69) is 21.4 Å². The minimum atomic E-state index is -1.40. The largest absolute Gasteiger partial charge is 0.465 e. The van der Waals surface area contributed by atoms with Crippen LogP contribution >= 0.6 is 11.6 Å². The number of carbonyl (C=O) groups excluding carboxylic acids is 1. The lowest BCUT2D eigenvalue weighted by atomic mass is 9.87. The summed E-state index contributed by atoms with van der Waals surface area (Å²) in [6, 6.07) is 9.81. The molecule has 10 nitrogen and oxygen atoms in total. The lowest BCUT2D eigenvalue weighted by Gasteiger charge is -2.35. The topological polar surface area (TPSA) is 127 Å². The molecule has 0 saturated carbocycles. The Balaban J connectivity index is 1.98. The van der Waals surface area contributed by atoms with Crippen molar-refractivity contribution < 1.29 is 19.1 Å². The van der Waals surface area contributed by atoms with Crippen molar-refractivity contribution in [2.45, 2.75) is 18.9 Å². The number of aromatic nitrogens is 2. The van der Waals surface area contributed by atoms with Crippen molar-refractivity contribution in [2.24, 2.45) is 4.99 Å². The molecule has 1 atom stereocenters. The number of carboxylic acid groups (broad SMARTS) is 1. The van der Waals surface area contributed by atoms with Crippen LogP contribution in [0.3, 0.4) is 0 Å². The van der Waals surface area contributed by atoms with Crippen LogP contribution in [0, 0.1) is 17.1 Å². The van der Waals surface area contributed by atoms with Gasteiger partial charge in [-0.15, -0.1) is 0 Å². The van der Waals surface area contributed by atoms with Gasteiger partial charge >= 0.3 is 6.09 Å². The predicted octanol–water partition coefficient (Wildman–Crippen LogP) is 3.46. The van der Waals surface area contributed by atoms with E-state index in [1.807, 2.05) is 0 Å². The average Bonchev–Trinajstić information content (AvgIpc) is 3.15. The number of benzene rings is 2. The second-order valence-electron chi connectivity index (χ2n) is 8.48. The minimum Gasteiger partial charge on any atom is -0.465 e. The smallest absolute Gasteiger partial charge is 0.411 e. The molecule has 2 amide bonds. The summed E-state index contributed by atoms with van der Waals surface area (Å²) in [6.45, 7) is 1.56. The molecule has 180 valence electrons. The number of nitrogens with zero attached hydrogens (tertiary/aromatic N) is 6. The molecule has 1 aliphatic heterocycles. The van der Waals surface area contributed by atoms with E-state index in [1.165, 1.54) is 19.2 Å². The van der Waals surface area contributed by atoms with E-state index >= 15 is 4.39 Å². The first-order valence-corrected chi connectivity index (χ1v) is 10.8. The SMILES string of the molecule is CN1C(=O)C[C@@](C)(c2cccc(-n3c(N(C)C)nc4c(C#N)cc(Cl)cc43)c2F)N=C1NC(=O)O. The molecule has 3 aromatic rings. The number of carbonyl (C=O) groups is 2. The first-order chi connectivity index (χ1) is 16.5. The van der Waals surface area contributed by atoms with Crippen molar-refractivity contribution in [3.63, 3.8) is 0 Å². The molecule has 2 N–H and O–H groups in total. The van der Waals surface area contributed by atoms with Crippen LogP contribution in [0.4, 0.5) is 15.1 Å². The van der Waals surface area contributed by atoms with Crippen LogP contribution in [-0.4, -0.2) is 58.7 Å². The molecule has 2 aromatic carbocycles. The number of amides is 2. The summed E-state index contributed by atoms with van der Waals surface area (Å²) in [6.07, 6.45) is -1.57. The maximum absolute atomic E-state index is 16.2. The zero-order chi connectivity index (χ0) is 25.7. The number of imidazole rings is 1. The fraction of sp³-hybridized carbons (Fsp3) is 0.261. The maximum atomic E-state index is 16.2. The second-order valence-corrected chi connectivity index (χ2v) is 8.92. The molecule has 35 heavy (non-hydrogen) atoms.